The van der Waals surface area contributed by atoms with E-state index in [0.29, 0.717) is 0 Å². The topological polar surface area (TPSA) is 9.23 Å². The van der Waals surface area contributed by atoms with Crippen molar-refractivity contribution in [2.45, 2.75) is 20.3 Å². The summed E-state index contributed by atoms with van der Waals surface area (Å²) in [6.07, 6.45) is 8.32. The lowest BCUT2D eigenvalue weighted by Gasteiger charge is -1.96. The van der Waals surface area contributed by atoms with Crippen molar-refractivity contribution in [1.82, 2.24) is 0 Å². The summed E-state index contributed by atoms with van der Waals surface area (Å²) in [4.78, 5) is 0. The van der Waals surface area contributed by atoms with Gasteiger partial charge in [0, 0.05) is 0 Å². The lowest BCUT2D eigenvalue weighted by Crippen LogP contribution is -1.77. The number of allylic oxidation sites excluding steroid dienone is 3. The van der Waals surface area contributed by atoms with Gasteiger partial charge in [0.1, 0.15) is 5.76 Å². The monoisotopic (exact) mass is 138 g/mol. The molecule has 1 heteroatoms. The van der Waals surface area contributed by atoms with E-state index in [4.69, 9.17) is 4.74 Å². The minimum absolute atomic E-state index is 0.844. The molecule has 0 amide bonds. The zero-order chi connectivity index (χ0) is 7.82. The van der Waals surface area contributed by atoms with Gasteiger partial charge in [-0.3, -0.25) is 0 Å². The summed E-state index contributed by atoms with van der Waals surface area (Å²) >= 11 is 0. The van der Waals surface area contributed by atoms with Crippen LogP contribution in [0.3, 0.4) is 0 Å². The Hall–Kier alpha value is -0.980. The van der Waals surface area contributed by atoms with E-state index in [1.165, 1.54) is 6.26 Å². The Labute approximate surface area is 62.7 Å². The smallest absolute Gasteiger partial charge is 0.121 e. The number of hydrogen-bond acceptors (Lipinski definition) is 1. The number of hydrogen-bond donors (Lipinski definition) is 0. The van der Waals surface area contributed by atoms with Gasteiger partial charge in [0.2, 0.25) is 0 Å². The first-order chi connectivity index (χ1) is 4.85. The molecule has 0 atom stereocenters. The summed E-state index contributed by atoms with van der Waals surface area (Å²) in [5.41, 5.74) is 0. The van der Waals surface area contributed by atoms with Gasteiger partial charge in [0.25, 0.3) is 0 Å². The van der Waals surface area contributed by atoms with Crippen LogP contribution in [0.4, 0.5) is 0 Å². The van der Waals surface area contributed by atoms with Crippen molar-refractivity contribution >= 4 is 0 Å². The second-order valence-electron chi connectivity index (χ2n) is 1.79. The van der Waals surface area contributed by atoms with Crippen molar-refractivity contribution in [2.75, 3.05) is 0 Å². The molecular weight excluding hydrogens is 124 g/mol. The van der Waals surface area contributed by atoms with Crippen molar-refractivity contribution in [3.8, 4) is 0 Å². The van der Waals surface area contributed by atoms with E-state index in [-0.39, 0.29) is 0 Å². The van der Waals surface area contributed by atoms with Crippen LogP contribution in [0.2, 0.25) is 0 Å². The largest absolute Gasteiger partial charge is 0.466 e. The Morgan fingerprint density at radius 1 is 1.60 bits per heavy atom. The van der Waals surface area contributed by atoms with Gasteiger partial charge in [0.05, 0.1) is 6.26 Å². The van der Waals surface area contributed by atoms with Crippen molar-refractivity contribution < 1.29 is 4.74 Å². The molecule has 0 saturated heterocycles. The highest BCUT2D eigenvalue weighted by molar-refractivity contribution is 5.11. The van der Waals surface area contributed by atoms with Gasteiger partial charge < -0.3 is 4.74 Å². The van der Waals surface area contributed by atoms with E-state index in [2.05, 4.69) is 13.5 Å². The van der Waals surface area contributed by atoms with Crippen LogP contribution < -0.4 is 0 Å². The molecule has 0 heterocycles. The van der Waals surface area contributed by atoms with Gasteiger partial charge >= 0.3 is 0 Å². The third-order valence-corrected chi connectivity index (χ3v) is 1.02. The van der Waals surface area contributed by atoms with Crippen molar-refractivity contribution in [2.24, 2.45) is 0 Å². The van der Waals surface area contributed by atoms with Crippen LogP contribution in [0.15, 0.2) is 36.8 Å². The number of ether oxygens (including phenoxy) is 1. The first-order valence-electron chi connectivity index (χ1n) is 3.45. The Bertz CT molecular complexity index is 143. The molecule has 0 aromatic rings. The van der Waals surface area contributed by atoms with Crippen LogP contribution in [0.1, 0.15) is 20.3 Å². The molecule has 0 bridgehead atoms. The van der Waals surface area contributed by atoms with Gasteiger partial charge in [-0.2, -0.15) is 0 Å². The quantitative estimate of drug-likeness (QED) is 0.428. The van der Waals surface area contributed by atoms with E-state index in [1.807, 2.05) is 25.2 Å². The van der Waals surface area contributed by atoms with Crippen LogP contribution in [0, 0.1) is 0 Å². The first-order valence-corrected chi connectivity index (χ1v) is 3.45. The fourth-order valence-corrected chi connectivity index (χ4v) is 0.534. The first kappa shape index (κ1) is 9.02. The second kappa shape index (κ2) is 6.14. The molecule has 0 unspecified atom stereocenters. The van der Waals surface area contributed by atoms with Crippen molar-refractivity contribution in [3.05, 3.63) is 36.8 Å². The minimum Gasteiger partial charge on any atom is -0.466 e. The molecule has 0 aliphatic rings. The Kier molecular flexibility index (Phi) is 5.54. The molecule has 0 aliphatic heterocycles. The van der Waals surface area contributed by atoms with E-state index in [0.717, 1.165) is 12.2 Å². The maximum atomic E-state index is 5.03. The van der Waals surface area contributed by atoms with Crippen LogP contribution in [0.5, 0.6) is 0 Å². The predicted molar refractivity (Wildman–Crippen MR) is 44.5 cm³/mol. The average Bonchev–Trinajstić information content (AvgIpc) is 1.98. The molecule has 1 nitrogen and oxygen atoms in total. The fraction of sp³-hybridized carbons (Fsp3) is 0.333. The Morgan fingerprint density at radius 3 is 2.70 bits per heavy atom. The van der Waals surface area contributed by atoms with Crippen LogP contribution >= 0.6 is 0 Å². The molecule has 0 radical (unpaired) electrons. The van der Waals surface area contributed by atoms with Crippen LogP contribution in [-0.4, -0.2) is 0 Å². The van der Waals surface area contributed by atoms with Gasteiger partial charge in [-0.25, -0.2) is 0 Å². The molecule has 0 aromatic heterocycles. The zero-order valence-electron chi connectivity index (χ0n) is 6.63. The maximum absolute atomic E-state index is 5.03. The molecule has 0 spiro atoms. The zero-order valence-corrected chi connectivity index (χ0v) is 6.63. The maximum Gasteiger partial charge on any atom is 0.121 e. The summed E-state index contributed by atoms with van der Waals surface area (Å²) in [6.45, 7) is 7.47. The second-order valence-corrected chi connectivity index (χ2v) is 1.79. The van der Waals surface area contributed by atoms with Gasteiger partial charge in [0.15, 0.2) is 0 Å². The summed E-state index contributed by atoms with van der Waals surface area (Å²) < 4.78 is 5.03. The van der Waals surface area contributed by atoms with E-state index < -0.39 is 0 Å². The highest BCUT2D eigenvalue weighted by Gasteiger charge is 1.83. The minimum atomic E-state index is 0.844. The fourth-order valence-electron chi connectivity index (χ4n) is 0.534. The van der Waals surface area contributed by atoms with Gasteiger partial charge in [-0.05, 0) is 25.5 Å². The molecule has 10 heavy (non-hydrogen) atoms. The average molecular weight is 138 g/mol. The summed E-state index contributed by atoms with van der Waals surface area (Å²) in [6, 6.07) is 0. The summed E-state index contributed by atoms with van der Waals surface area (Å²) in [7, 11) is 0. The standard InChI is InChI=1S/C9H14O/c1-4-7-8-9(5-2)10-6-3/h5-8H,3-4H2,1-2H3/b8-7-,9-5-. The summed E-state index contributed by atoms with van der Waals surface area (Å²) in [5.74, 6) is 0.844. The van der Waals surface area contributed by atoms with Gasteiger partial charge in [-0.15, -0.1) is 0 Å². The lowest BCUT2D eigenvalue weighted by molar-refractivity contribution is 0.369. The lowest BCUT2D eigenvalue weighted by atomic mass is 10.3. The highest BCUT2D eigenvalue weighted by Crippen LogP contribution is 1.99. The third kappa shape index (κ3) is 3.96. The Balaban J connectivity index is 3.84. The molecule has 0 aromatic carbocycles. The molecule has 56 valence electrons. The van der Waals surface area contributed by atoms with Crippen LogP contribution in [-0.2, 0) is 4.74 Å². The van der Waals surface area contributed by atoms with Gasteiger partial charge in [-0.1, -0.05) is 19.6 Å². The normalized spacial score (nSPS) is 12.0. The molecule has 0 fully saturated rings. The third-order valence-electron chi connectivity index (χ3n) is 1.02. The van der Waals surface area contributed by atoms with E-state index >= 15 is 0 Å². The molecular formula is C9H14O. The van der Waals surface area contributed by atoms with Crippen molar-refractivity contribution in [1.29, 1.82) is 0 Å². The molecule has 0 N–H and O–H groups in total. The molecule has 0 saturated carbocycles. The molecule has 0 rings (SSSR count). The van der Waals surface area contributed by atoms with Crippen LogP contribution in [0.25, 0.3) is 0 Å². The van der Waals surface area contributed by atoms with E-state index in [9.17, 15) is 0 Å². The SMILES string of the molecule is C=COC(/C=C\CC)=C\C. The Morgan fingerprint density at radius 2 is 2.30 bits per heavy atom. The summed E-state index contributed by atoms with van der Waals surface area (Å²) in [5, 5.41) is 0. The molecule has 0 aliphatic carbocycles. The highest BCUT2D eigenvalue weighted by atomic mass is 16.5. The number of rotatable bonds is 4. The van der Waals surface area contributed by atoms with E-state index in [1.54, 1.807) is 0 Å². The predicted octanol–water partition coefficient (Wildman–Crippen LogP) is 3.02. The van der Waals surface area contributed by atoms with Crippen molar-refractivity contribution in [3.63, 3.8) is 0 Å².